The third-order valence-electron chi connectivity index (χ3n) is 3.01. The molecule has 0 heterocycles. The molecule has 3 heteroatoms. The van der Waals surface area contributed by atoms with Crippen molar-refractivity contribution in [3.63, 3.8) is 0 Å². The van der Waals surface area contributed by atoms with Gasteiger partial charge in [0.15, 0.2) is 0 Å². The molecule has 0 aromatic heterocycles. The Balaban J connectivity index is 3.37. The van der Waals surface area contributed by atoms with Gasteiger partial charge >= 0.3 is 0 Å². The van der Waals surface area contributed by atoms with Crippen LogP contribution >= 0.6 is 0 Å². The summed E-state index contributed by atoms with van der Waals surface area (Å²) in [5.41, 5.74) is 5.43. The zero-order valence-corrected chi connectivity index (χ0v) is 11.6. The highest BCUT2D eigenvalue weighted by molar-refractivity contribution is 5.76. The number of hydrogen-bond acceptors (Lipinski definition) is 2. The molecule has 1 unspecified atom stereocenters. The first-order valence-electron chi connectivity index (χ1n) is 7.20. The molecule has 0 aliphatic carbocycles. The van der Waals surface area contributed by atoms with Crippen molar-refractivity contribution in [3.05, 3.63) is 0 Å². The summed E-state index contributed by atoms with van der Waals surface area (Å²) in [4.78, 5) is 11.6. The van der Waals surface area contributed by atoms with Crippen LogP contribution in [-0.2, 0) is 4.79 Å². The lowest BCUT2D eigenvalue weighted by Gasteiger charge is -2.13. The first-order valence-corrected chi connectivity index (χ1v) is 7.20. The van der Waals surface area contributed by atoms with Crippen molar-refractivity contribution in [2.75, 3.05) is 6.54 Å². The van der Waals surface area contributed by atoms with E-state index in [1.54, 1.807) is 0 Å². The lowest BCUT2D eigenvalue weighted by atomic mass is 10.1. The Labute approximate surface area is 107 Å². The van der Waals surface area contributed by atoms with Gasteiger partial charge in [-0.1, -0.05) is 39.0 Å². The predicted molar refractivity (Wildman–Crippen MR) is 73.9 cm³/mol. The van der Waals surface area contributed by atoms with Gasteiger partial charge in [-0.25, -0.2) is 0 Å². The fraction of sp³-hybridized carbons (Fsp3) is 0.929. The fourth-order valence-electron chi connectivity index (χ4n) is 1.90. The molecular formula is C14H30N2O. The summed E-state index contributed by atoms with van der Waals surface area (Å²) >= 11 is 0. The minimum absolute atomic E-state index is 0.210. The van der Waals surface area contributed by atoms with Crippen LogP contribution < -0.4 is 11.1 Å². The van der Waals surface area contributed by atoms with Gasteiger partial charge in [-0.3, -0.25) is 4.79 Å². The van der Waals surface area contributed by atoms with Crippen LogP contribution in [-0.4, -0.2) is 18.5 Å². The molecule has 0 fully saturated rings. The average Bonchev–Trinajstić information content (AvgIpc) is 2.29. The van der Waals surface area contributed by atoms with Gasteiger partial charge in [0.1, 0.15) is 0 Å². The molecule has 0 aliphatic rings. The number of hydrogen-bond donors (Lipinski definition) is 2. The number of amides is 1. The maximum atomic E-state index is 11.6. The van der Waals surface area contributed by atoms with Gasteiger partial charge in [0.25, 0.3) is 0 Å². The zero-order chi connectivity index (χ0) is 12.9. The summed E-state index contributed by atoms with van der Waals surface area (Å²) in [7, 11) is 0. The molecule has 17 heavy (non-hydrogen) atoms. The van der Waals surface area contributed by atoms with Crippen molar-refractivity contribution in [1.82, 2.24) is 5.32 Å². The van der Waals surface area contributed by atoms with Crippen LogP contribution in [0.25, 0.3) is 0 Å². The standard InChI is InChI=1S/C14H30N2O/c1-3-4-5-6-7-11-14(17)16-13(2)10-8-9-12-15/h13H,3-12,15H2,1-2H3,(H,16,17). The van der Waals surface area contributed by atoms with Gasteiger partial charge in [-0.05, 0) is 32.7 Å². The van der Waals surface area contributed by atoms with E-state index in [2.05, 4.69) is 19.2 Å². The normalized spacial score (nSPS) is 12.4. The molecule has 0 radical (unpaired) electrons. The van der Waals surface area contributed by atoms with Gasteiger partial charge in [0.05, 0.1) is 0 Å². The minimum atomic E-state index is 0.210. The predicted octanol–water partition coefficient (Wildman–Crippen LogP) is 2.98. The van der Waals surface area contributed by atoms with E-state index < -0.39 is 0 Å². The van der Waals surface area contributed by atoms with Crippen LogP contribution in [0.3, 0.4) is 0 Å². The number of nitrogens with one attached hydrogen (secondary N) is 1. The third kappa shape index (κ3) is 11.7. The summed E-state index contributed by atoms with van der Waals surface area (Å²) in [6.45, 7) is 5.03. The molecule has 0 spiro atoms. The van der Waals surface area contributed by atoms with Crippen LogP contribution in [0, 0.1) is 0 Å². The Morgan fingerprint density at radius 3 is 2.47 bits per heavy atom. The van der Waals surface area contributed by atoms with Crippen LogP contribution in [0.1, 0.15) is 71.6 Å². The minimum Gasteiger partial charge on any atom is -0.354 e. The van der Waals surface area contributed by atoms with E-state index in [0.29, 0.717) is 12.5 Å². The molecule has 0 aliphatic heterocycles. The molecule has 0 aromatic rings. The van der Waals surface area contributed by atoms with Crippen molar-refractivity contribution in [2.45, 2.75) is 77.7 Å². The first kappa shape index (κ1) is 16.4. The maximum Gasteiger partial charge on any atom is 0.220 e. The van der Waals surface area contributed by atoms with Gasteiger partial charge in [-0.15, -0.1) is 0 Å². The number of rotatable bonds is 11. The second-order valence-electron chi connectivity index (χ2n) is 4.92. The summed E-state index contributed by atoms with van der Waals surface area (Å²) < 4.78 is 0. The molecular weight excluding hydrogens is 212 g/mol. The fourth-order valence-corrected chi connectivity index (χ4v) is 1.90. The molecule has 3 nitrogen and oxygen atoms in total. The number of unbranched alkanes of at least 4 members (excludes halogenated alkanes) is 5. The van der Waals surface area contributed by atoms with Gasteiger partial charge in [-0.2, -0.15) is 0 Å². The SMILES string of the molecule is CCCCCCCC(=O)NC(C)CCCCN. The van der Waals surface area contributed by atoms with Crippen LogP contribution in [0.2, 0.25) is 0 Å². The van der Waals surface area contributed by atoms with E-state index >= 15 is 0 Å². The van der Waals surface area contributed by atoms with Crippen molar-refractivity contribution < 1.29 is 4.79 Å². The Kier molecular flexibility index (Phi) is 11.5. The maximum absolute atomic E-state index is 11.6. The quantitative estimate of drug-likeness (QED) is 0.547. The van der Waals surface area contributed by atoms with Crippen molar-refractivity contribution in [1.29, 1.82) is 0 Å². The van der Waals surface area contributed by atoms with Gasteiger partial charge in [0, 0.05) is 12.5 Å². The van der Waals surface area contributed by atoms with E-state index in [-0.39, 0.29) is 5.91 Å². The molecule has 0 bridgehead atoms. The van der Waals surface area contributed by atoms with Crippen LogP contribution in [0.5, 0.6) is 0 Å². The highest BCUT2D eigenvalue weighted by Crippen LogP contribution is 2.05. The highest BCUT2D eigenvalue weighted by Gasteiger charge is 2.06. The smallest absolute Gasteiger partial charge is 0.220 e. The van der Waals surface area contributed by atoms with Gasteiger partial charge < -0.3 is 11.1 Å². The molecule has 102 valence electrons. The summed E-state index contributed by atoms with van der Waals surface area (Å²) in [6, 6.07) is 0.296. The van der Waals surface area contributed by atoms with E-state index in [1.807, 2.05) is 0 Å². The molecule has 0 aromatic carbocycles. The second kappa shape index (κ2) is 11.9. The molecule has 0 saturated heterocycles. The topological polar surface area (TPSA) is 55.1 Å². The van der Waals surface area contributed by atoms with Crippen LogP contribution in [0.4, 0.5) is 0 Å². The Hall–Kier alpha value is -0.570. The molecule has 0 rings (SSSR count). The van der Waals surface area contributed by atoms with Crippen molar-refractivity contribution in [2.24, 2.45) is 5.73 Å². The van der Waals surface area contributed by atoms with E-state index in [0.717, 1.165) is 32.2 Å². The average molecular weight is 242 g/mol. The molecule has 1 amide bonds. The first-order chi connectivity index (χ1) is 8.20. The lowest BCUT2D eigenvalue weighted by Crippen LogP contribution is -2.32. The van der Waals surface area contributed by atoms with E-state index in [9.17, 15) is 4.79 Å². The number of carbonyl (C=O) groups excluding carboxylic acids is 1. The van der Waals surface area contributed by atoms with Crippen LogP contribution in [0.15, 0.2) is 0 Å². The molecule has 1 atom stereocenters. The van der Waals surface area contributed by atoms with Crippen molar-refractivity contribution in [3.8, 4) is 0 Å². The molecule has 0 saturated carbocycles. The third-order valence-corrected chi connectivity index (χ3v) is 3.01. The second-order valence-corrected chi connectivity index (χ2v) is 4.92. The van der Waals surface area contributed by atoms with Gasteiger partial charge in [0.2, 0.25) is 5.91 Å². The van der Waals surface area contributed by atoms with Crippen molar-refractivity contribution >= 4 is 5.91 Å². The number of nitrogens with two attached hydrogens (primary N) is 1. The zero-order valence-electron chi connectivity index (χ0n) is 11.6. The Bertz CT molecular complexity index is 183. The summed E-state index contributed by atoms with van der Waals surface area (Å²) in [6.07, 6.45) is 9.90. The Morgan fingerprint density at radius 2 is 1.82 bits per heavy atom. The monoisotopic (exact) mass is 242 g/mol. The lowest BCUT2D eigenvalue weighted by molar-refractivity contribution is -0.121. The Morgan fingerprint density at radius 1 is 1.12 bits per heavy atom. The van der Waals surface area contributed by atoms with E-state index in [4.69, 9.17) is 5.73 Å². The summed E-state index contributed by atoms with van der Waals surface area (Å²) in [5.74, 6) is 0.210. The summed E-state index contributed by atoms with van der Waals surface area (Å²) in [5, 5.41) is 3.05. The van der Waals surface area contributed by atoms with E-state index in [1.165, 1.54) is 25.7 Å². The largest absolute Gasteiger partial charge is 0.354 e. The highest BCUT2D eigenvalue weighted by atomic mass is 16.1. The number of carbonyl (C=O) groups is 1. The molecule has 3 N–H and O–H groups in total.